The summed E-state index contributed by atoms with van der Waals surface area (Å²) in [6.07, 6.45) is -0.389. The molecule has 2 aliphatic carbocycles. The molecule has 3 rings (SSSR count). The van der Waals surface area contributed by atoms with Gasteiger partial charge < -0.3 is 14.6 Å². The summed E-state index contributed by atoms with van der Waals surface area (Å²) in [5.41, 5.74) is 1.57. The first-order chi connectivity index (χ1) is 11.2. The van der Waals surface area contributed by atoms with Gasteiger partial charge in [-0.1, -0.05) is 32.2 Å². The molecule has 1 heterocycles. The minimum atomic E-state index is -0.541. The average molecular weight is 332 g/mol. The summed E-state index contributed by atoms with van der Waals surface area (Å²) in [6, 6.07) is 0. The lowest BCUT2D eigenvalue weighted by Crippen LogP contribution is -2.38. The number of esters is 2. The zero-order chi connectivity index (χ0) is 17.8. The zero-order valence-corrected chi connectivity index (χ0v) is 14.2. The van der Waals surface area contributed by atoms with Crippen molar-refractivity contribution in [1.29, 1.82) is 0 Å². The van der Waals surface area contributed by atoms with Crippen LogP contribution in [0.5, 0.6) is 0 Å². The molecule has 7 atom stereocenters. The Morgan fingerprint density at radius 3 is 2.67 bits per heavy atom. The van der Waals surface area contributed by atoms with Crippen LogP contribution in [0.15, 0.2) is 36.5 Å². The van der Waals surface area contributed by atoms with E-state index in [-0.39, 0.29) is 17.8 Å². The van der Waals surface area contributed by atoms with Gasteiger partial charge in [-0.15, -0.1) is 0 Å². The van der Waals surface area contributed by atoms with Crippen molar-refractivity contribution in [1.82, 2.24) is 0 Å². The van der Waals surface area contributed by atoms with Gasteiger partial charge in [0.05, 0.1) is 12.0 Å². The van der Waals surface area contributed by atoms with Crippen molar-refractivity contribution in [3.05, 3.63) is 36.5 Å². The number of hydrogen-bond acceptors (Lipinski definition) is 5. The van der Waals surface area contributed by atoms with Gasteiger partial charge in [0.25, 0.3) is 0 Å². The van der Waals surface area contributed by atoms with Crippen LogP contribution in [0.2, 0.25) is 0 Å². The van der Waals surface area contributed by atoms with Crippen molar-refractivity contribution < 1.29 is 24.2 Å². The van der Waals surface area contributed by atoms with Crippen LogP contribution in [0, 0.1) is 23.7 Å². The summed E-state index contributed by atoms with van der Waals surface area (Å²) in [5.74, 6) is -1.34. The molecule has 0 aromatic rings. The number of rotatable bonds is 2. The van der Waals surface area contributed by atoms with Crippen molar-refractivity contribution in [2.45, 2.75) is 45.0 Å². The van der Waals surface area contributed by atoms with Gasteiger partial charge >= 0.3 is 11.9 Å². The van der Waals surface area contributed by atoms with E-state index in [9.17, 15) is 14.7 Å². The molecule has 1 aliphatic heterocycles. The van der Waals surface area contributed by atoms with Crippen molar-refractivity contribution in [3.8, 4) is 0 Å². The third-order valence-electron chi connectivity index (χ3n) is 5.81. The van der Waals surface area contributed by atoms with Crippen LogP contribution in [0.1, 0.15) is 26.7 Å². The van der Waals surface area contributed by atoms with Gasteiger partial charge in [-0.05, 0) is 25.2 Å². The number of hydrogen-bond donors (Lipinski definition) is 1. The smallest absolute Gasteiger partial charge is 0.334 e. The van der Waals surface area contributed by atoms with Gasteiger partial charge in [0.2, 0.25) is 0 Å². The highest BCUT2D eigenvalue weighted by atomic mass is 16.6. The van der Waals surface area contributed by atoms with Crippen molar-refractivity contribution in [3.63, 3.8) is 0 Å². The van der Waals surface area contributed by atoms with Crippen LogP contribution in [0.4, 0.5) is 0 Å². The maximum atomic E-state index is 12.1. The molecule has 24 heavy (non-hydrogen) atoms. The maximum Gasteiger partial charge on any atom is 0.334 e. The third kappa shape index (κ3) is 2.51. The van der Waals surface area contributed by atoms with Gasteiger partial charge in [-0.25, -0.2) is 9.59 Å². The predicted octanol–water partition coefficient (Wildman–Crippen LogP) is 2.17. The van der Waals surface area contributed by atoms with E-state index in [0.717, 1.165) is 5.57 Å². The van der Waals surface area contributed by atoms with Gasteiger partial charge in [0.15, 0.2) is 0 Å². The van der Waals surface area contributed by atoms with Crippen LogP contribution < -0.4 is 0 Å². The van der Waals surface area contributed by atoms with E-state index < -0.39 is 36.2 Å². The molecule has 2 saturated carbocycles. The molecule has 0 spiro atoms. The number of aliphatic hydroxyl groups is 1. The maximum absolute atomic E-state index is 12.1. The first kappa shape index (κ1) is 17.0. The summed E-state index contributed by atoms with van der Waals surface area (Å²) in [7, 11) is 0. The number of aliphatic hydroxyl groups excluding tert-OH is 1. The van der Waals surface area contributed by atoms with E-state index in [1.54, 1.807) is 6.92 Å². The first-order valence-electron chi connectivity index (χ1n) is 8.34. The molecule has 3 fully saturated rings. The van der Waals surface area contributed by atoms with E-state index in [2.05, 4.69) is 19.7 Å². The topological polar surface area (TPSA) is 72.8 Å². The standard InChI is InChI=1S/C19H24O5/c1-8(2)18(21)23-14-6-9(3)12-7-13(20)10(4)15(12)17-16(14)11(5)19(22)24-17/h10,12-17,20H,1,3,5-7H2,2,4H3. The quantitative estimate of drug-likeness (QED) is 0.477. The summed E-state index contributed by atoms with van der Waals surface area (Å²) < 4.78 is 11.2. The number of fused-ring (bicyclic) bond motifs is 3. The fourth-order valence-electron chi connectivity index (χ4n) is 4.47. The lowest BCUT2D eigenvalue weighted by molar-refractivity contribution is -0.149. The minimum absolute atomic E-state index is 0.0199. The zero-order valence-electron chi connectivity index (χ0n) is 14.2. The van der Waals surface area contributed by atoms with Crippen molar-refractivity contribution >= 4 is 11.9 Å². The Balaban J connectivity index is 1.98. The molecule has 5 heteroatoms. The Kier molecular flexibility index (Phi) is 4.16. The van der Waals surface area contributed by atoms with Gasteiger partial charge in [-0.3, -0.25) is 0 Å². The summed E-state index contributed by atoms with van der Waals surface area (Å²) >= 11 is 0. The highest BCUT2D eigenvalue weighted by Gasteiger charge is 2.57. The van der Waals surface area contributed by atoms with E-state index in [1.165, 1.54) is 0 Å². The van der Waals surface area contributed by atoms with Gasteiger partial charge in [0.1, 0.15) is 12.2 Å². The minimum Gasteiger partial charge on any atom is -0.458 e. The molecule has 1 saturated heterocycles. The summed E-state index contributed by atoms with van der Waals surface area (Å²) in [5, 5.41) is 10.3. The number of ether oxygens (including phenoxy) is 2. The second kappa shape index (κ2) is 5.88. The van der Waals surface area contributed by atoms with Crippen molar-refractivity contribution in [2.24, 2.45) is 23.7 Å². The molecule has 5 nitrogen and oxygen atoms in total. The molecule has 0 aromatic heterocycles. The predicted molar refractivity (Wildman–Crippen MR) is 87.7 cm³/mol. The Hall–Kier alpha value is -1.88. The van der Waals surface area contributed by atoms with Crippen LogP contribution in [0.25, 0.3) is 0 Å². The molecule has 0 bridgehead atoms. The Morgan fingerprint density at radius 1 is 1.38 bits per heavy atom. The third-order valence-corrected chi connectivity index (χ3v) is 5.81. The Bertz CT molecular complexity index is 634. The molecule has 0 aromatic carbocycles. The second-order valence-electron chi connectivity index (χ2n) is 7.35. The Labute approximate surface area is 142 Å². The summed E-state index contributed by atoms with van der Waals surface area (Å²) in [6.45, 7) is 15.2. The summed E-state index contributed by atoms with van der Waals surface area (Å²) in [4.78, 5) is 24.1. The SMILES string of the molecule is C=C(C)C(=O)OC1CC(=C)C2CC(O)C(C)C2C2OC(=O)C(=C)C12. The molecule has 1 N–H and O–H groups in total. The molecule has 0 radical (unpaired) electrons. The Morgan fingerprint density at radius 2 is 2.04 bits per heavy atom. The van der Waals surface area contributed by atoms with Crippen molar-refractivity contribution in [2.75, 3.05) is 0 Å². The molecular formula is C19H24O5. The van der Waals surface area contributed by atoms with E-state index in [1.807, 2.05) is 6.92 Å². The second-order valence-corrected chi connectivity index (χ2v) is 7.35. The van der Waals surface area contributed by atoms with Crippen LogP contribution >= 0.6 is 0 Å². The fraction of sp³-hybridized carbons (Fsp3) is 0.579. The van der Waals surface area contributed by atoms with E-state index in [4.69, 9.17) is 9.47 Å². The number of carbonyl (C=O) groups excluding carboxylic acids is 2. The van der Waals surface area contributed by atoms with Gasteiger partial charge in [0, 0.05) is 23.5 Å². The average Bonchev–Trinajstić information content (AvgIpc) is 2.92. The first-order valence-corrected chi connectivity index (χ1v) is 8.34. The highest BCUT2D eigenvalue weighted by molar-refractivity contribution is 5.91. The fourth-order valence-corrected chi connectivity index (χ4v) is 4.47. The molecule has 7 unspecified atom stereocenters. The number of carbonyl (C=O) groups is 2. The highest BCUT2D eigenvalue weighted by Crippen LogP contribution is 2.53. The molecule has 0 amide bonds. The normalized spacial score (nSPS) is 41.3. The van der Waals surface area contributed by atoms with E-state index >= 15 is 0 Å². The van der Waals surface area contributed by atoms with Crippen LogP contribution in [-0.4, -0.2) is 35.4 Å². The monoisotopic (exact) mass is 332 g/mol. The molecular weight excluding hydrogens is 308 g/mol. The van der Waals surface area contributed by atoms with Crippen LogP contribution in [0.3, 0.4) is 0 Å². The lowest BCUT2D eigenvalue weighted by atomic mass is 9.79. The molecule has 130 valence electrons. The van der Waals surface area contributed by atoms with E-state index in [0.29, 0.717) is 24.0 Å². The molecule has 3 aliphatic rings. The lowest BCUT2D eigenvalue weighted by Gasteiger charge is -2.30. The van der Waals surface area contributed by atoms with Gasteiger partial charge in [-0.2, -0.15) is 0 Å². The van der Waals surface area contributed by atoms with Crippen LogP contribution in [-0.2, 0) is 19.1 Å². The largest absolute Gasteiger partial charge is 0.458 e.